The number of anilines is 1. The minimum absolute atomic E-state index is 0.0241. The number of likely N-dealkylation sites (tertiary alicyclic amines) is 1. The third-order valence-electron chi connectivity index (χ3n) is 4.67. The van der Waals surface area contributed by atoms with E-state index in [1.54, 1.807) is 11.1 Å². The Kier molecular flexibility index (Phi) is 7.04. The van der Waals surface area contributed by atoms with E-state index >= 15 is 0 Å². The number of pyridine rings is 1. The van der Waals surface area contributed by atoms with Crippen molar-refractivity contribution in [2.75, 3.05) is 18.0 Å². The summed E-state index contributed by atoms with van der Waals surface area (Å²) >= 11 is 0. The summed E-state index contributed by atoms with van der Waals surface area (Å²) in [6, 6.07) is 4.40. The quantitative estimate of drug-likeness (QED) is 0.701. The summed E-state index contributed by atoms with van der Waals surface area (Å²) in [6.07, 6.45) is 6.14. The fourth-order valence-electron chi connectivity index (χ4n) is 3.53. The number of amides is 1. The summed E-state index contributed by atoms with van der Waals surface area (Å²) < 4.78 is 5.66. The molecule has 0 aromatic carbocycles. The number of aromatic nitrogens is 1. The third kappa shape index (κ3) is 5.19. The minimum Gasteiger partial charge on any atom is -0.443 e. The lowest BCUT2D eigenvalue weighted by Gasteiger charge is -2.33. The third-order valence-corrected chi connectivity index (χ3v) is 4.67. The smallest absolute Gasteiger partial charge is 0.416 e. The Labute approximate surface area is 158 Å². The Morgan fingerprint density at radius 1 is 1.42 bits per heavy atom. The first kappa shape index (κ1) is 20.7. The highest BCUT2D eigenvalue weighted by Gasteiger charge is 2.33. The van der Waals surface area contributed by atoms with Crippen molar-refractivity contribution in [2.45, 2.75) is 84.9 Å². The number of ether oxygens (including phenoxy) is 1. The van der Waals surface area contributed by atoms with Crippen LogP contribution in [-0.4, -0.2) is 40.7 Å². The van der Waals surface area contributed by atoms with Crippen molar-refractivity contribution in [2.24, 2.45) is 0 Å². The molecular formula is C21H35N3O2. The zero-order chi connectivity index (χ0) is 19.3. The lowest BCUT2D eigenvalue weighted by atomic mass is 10.0. The van der Waals surface area contributed by atoms with Crippen LogP contribution < -0.4 is 4.90 Å². The van der Waals surface area contributed by atoms with Crippen LogP contribution in [0.15, 0.2) is 18.3 Å². The molecule has 1 saturated heterocycles. The monoisotopic (exact) mass is 361 g/mol. The van der Waals surface area contributed by atoms with Gasteiger partial charge in [0.2, 0.25) is 0 Å². The summed E-state index contributed by atoms with van der Waals surface area (Å²) in [4.78, 5) is 21.7. The number of nitrogens with zero attached hydrogens (tertiary/aromatic N) is 3. The van der Waals surface area contributed by atoms with Crippen LogP contribution in [0.5, 0.6) is 0 Å². The SMILES string of the molecule is CCCCN1CCC[C@@H]1c1cccnc1N(C(=O)OC(C)(C)C)C(C)C. The Hall–Kier alpha value is -1.62. The topological polar surface area (TPSA) is 45.7 Å². The molecule has 1 fully saturated rings. The van der Waals surface area contributed by atoms with Crippen molar-refractivity contribution in [3.63, 3.8) is 0 Å². The normalized spacial score (nSPS) is 18.3. The van der Waals surface area contributed by atoms with Crippen LogP contribution >= 0.6 is 0 Å². The van der Waals surface area contributed by atoms with Gasteiger partial charge in [-0.25, -0.2) is 9.78 Å². The van der Waals surface area contributed by atoms with Crippen LogP contribution in [0.2, 0.25) is 0 Å². The van der Waals surface area contributed by atoms with Gasteiger partial charge in [0.15, 0.2) is 0 Å². The molecule has 0 N–H and O–H groups in total. The molecule has 2 heterocycles. The van der Waals surface area contributed by atoms with Gasteiger partial charge in [-0.15, -0.1) is 0 Å². The standard InChI is InChI=1S/C21H35N3O2/c1-7-8-14-23-15-10-12-18(23)17-11-9-13-22-19(17)24(16(2)3)20(25)26-21(4,5)6/h9,11,13,16,18H,7-8,10,12,14-15H2,1-6H3/t18-/m1/s1. The molecule has 0 aliphatic carbocycles. The molecule has 146 valence electrons. The molecule has 5 nitrogen and oxygen atoms in total. The molecule has 1 aromatic rings. The number of hydrogen-bond acceptors (Lipinski definition) is 4. The second-order valence-electron chi connectivity index (χ2n) is 8.41. The van der Waals surface area contributed by atoms with Crippen molar-refractivity contribution in [3.8, 4) is 0 Å². The number of carbonyl (C=O) groups excluding carboxylic acids is 1. The highest BCUT2D eigenvalue weighted by molar-refractivity contribution is 5.88. The van der Waals surface area contributed by atoms with Crippen molar-refractivity contribution < 1.29 is 9.53 Å². The van der Waals surface area contributed by atoms with Crippen molar-refractivity contribution in [1.29, 1.82) is 0 Å². The molecule has 1 amide bonds. The predicted molar refractivity (Wildman–Crippen MR) is 107 cm³/mol. The molecule has 0 unspecified atom stereocenters. The molecule has 2 rings (SSSR count). The Morgan fingerprint density at radius 3 is 2.77 bits per heavy atom. The first-order chi connectivity index (χ1) is 12.2. The molecule has 1 aliphatic rings. The molecular weight excluding hydrogens is 326 g/mol. The second-order valence-corrected chi connectivity index (χ2v) is 8.41. The van der Waals surface area contributed by atoms with Crippen molar-refractivity contribution >= 4 is 11.9 Å². The summed E-state index contributed by atoms with van der Waals surface area (Å²) in [5.41, 5.74) is 0.611. The molecule has 0 bridgehead atoms. The average Bonchev–Trinajstić information content (AvgIpc) is 2.99. The van der Waals surface area contributed by atoms with E-state index < -0.39 is 5.60 Å². The Balaban J connectivity index is 2.34. The van der Waals surface area contributed by atoms with Crippen LogP contribution in [0.4, 0.5) is 10.6 Å². The van der Waals surface area contributed by atoms with Crippen LogP contribution in [0.1, 0.15) is 78.8 Å². The summed E-state index contributed by atoms with van der Waals surface area (Å²) in [5.74, 6) is 0.741. The van der Waals surface area contributed by atoms with E-state index in [2.05, 4.69) is 22.9 Å². The van der Waals surface area contributed by atoms with Gasteiger partial charge >= 0.3 is 6.09 Å². The first-order valence-corrected chi connectivity index (χ1v) is 9.95. The maximum atomic E-state index is 12.9. The average molecular weight is 362 g/mol. The summed E-state index contributed by atoms with van der Waals surface area (Å²) in [7, 11) is 0. The van der Waals surface area contributed by atoms with Crippen LogP contribution in [0.25, 0.3) is 0 Å². The van der Waals surface area contributed by atoms with Gasteiger partial charge < -0.3 is 4.74 Å². The van der Waals surface area contributed by atoms with Gasteiger partial charge in [-0.05, 0) is 73.0 Å². The van der Waals surface area contributed by atoms with Gasteiger partial charge in [-0.2, -0.15) is 0 Å². The van der Waals surface area contributed by atoms with Gasteiger partial charge in [-0.3, -0.25) is 9.80 Å². The zero-order valence-electron chi connectivity index (χ0n) is 17.3. The molecule has 0 radical (unpaired) electrons. The van der Waals surface area contributed by atoms with Gasteiger partial charge in [0, 0.05) is 23.8 Å². The van der Waals surface area contributed by atoms with Crippen LogP contribution in [0, 0.1) is 0 Å². The molecule has 26 heavy (non-hydrogen) atoms. The highest BCUT2D eigenvalue weighted by Crippen LogP contribution is 2.37. The van der Waals surface area contributed by atoms with Crippen LogP contribution in [0.3, 0.4) is 0 Å². The number of rotatable bonds is 6. The Morgan fingerprint density at radius 2 is 2.15 bits per heavy atom. The number of unbranched alkanes of at least 4 members (excludes halogenated alkanes) is 1. The molecule has 1 aromatic heterocycles. The minimum atomic E-state index is -0.528. The van der Waals surface area contributed by atoms with E-state index in [-0.39, 0.29) is 12.1 Å². The maximum Gasteiger partial charge on any atom is 0.416 e. The van der Waals surface area contributed by atoms with E-state index in [1.165, 1.54) is 19.3 Å². The molecule has 5 heteroatoms. The predicted octanol–water partition coefficient (Wildman–Crippen LogP) is 5.17. The van der Waals surface area contributed by atoms with E-state index in [0.717, 1.165) is 30.9 Å². The lowest BCUT2D eigenvalue weighted by molar-refractivity contribution is 0.0568. The van der Waals surface area contributed by atoms with Crippen molar-refractivity contribution in [1.82, 2.24) is 9.88 Å². The van der Waals surface area contributed by atoms with E-state index in [1.807, 2.05) is 40.7 Å². The Bertz CT molecular complexity index is 595. The molecule has 0 spiro atoms. The summed E-state index contributed by atoms with van der Waals surface area (Å²) in [5, 5.41) is 0. The van der Waals surface area contributed by atoms with Gasteiger partial charge in [0.05, 0.1) is 0 Å². The largest absolute Gasteiger partial charge is 0.443 e. The molecule has 1 aliphatic heterocycles. The number of hydrogen-bond donors (Lipinski definition) is 0. The van der Waals surface area contributed by atoms with E-state index in [0.29, 0.717) is 6.04 Å². The second kappa shape index (κ2) is 8.85. The molecule has 1 atom stereocenters. The van der Waals surface area contributed by atoms with Crippen LogP contribution in [-0.2, 0) is 4.74 Å². The molecule has 0 saturated carbocycles. The van der Waals surface area contributed by atoms with Gasteiger partial charge in [-0.1, -0.05) is 19.4 Å². The zero-order valence-corrected chi connectivity index (χ0v) is 17.3. The van der Waals surface area contributed by atoms with E-state index in [4.69, 9.17) is 4.74 Å². The summed E-state index contributed by atoms with van der Waals surface area (Å²) in [6.45, 7) is 14.1. The maximum absolute atomic E-state index is 12.9. The fourth-order valence-corrected chi connectivity index (χ4v) is 3.53. The van der Waals surface area contributed by atoms with Crippen molar-refractivity contribution in [3.05, 3.63) is 23.9 Å². The lowest BCUT2D eigenvalue weighted by Crippen LogP contribution is -2.42. The van der Waals surface area contributed by atoms with Gasteiger partial charge in [0.25, 0.3) is 0 Å². The van der Waals surface area contributed by atoms with E-state index in [9.17, 15) is 4.79 Å². The number of carbonyl (C=O) groups is 1. The first-order valence-electron chi connectivity index (χ1n) is 9.95. The van der Waals surface area contributed by atoms with Gasteiger partial charge in [0.1, 0.15) is 11.4 Å². The highest BCUT2D eigenvalue weighted by atomic mass is 16.6. The fraction of sp³-hybridized carbons (Fsp3) is 0.714.